The number of hydrogen-bond acceptors (Lipinski definition) is 4. The van der Waals surface area contributed by atoms with E-state index in [4.69, 9.17) is 10.6 Å². The lowest BCUT2D eigenvalue weighted by Gasteiger charge is -2.49. The number of nitrogens with zero attached hydrogens (tertiary/aromatic N) is 1. The summed E-state index contributed by atoms with van der Waals surface area (Å²) < 4.78 is 5.74. The standard InChI is InChI=1S/C17H35N3O/c1-14-9-11-17(12-10-14,20(2)3)16(19-18)8-4-6-15-7-5-13-21-15/h14-16,19H,4-13,18H2,1-3H3. The van der Waals surface area contributed by atoms with Crippen LogP contribution in [0.2, 0.25) is 0 Å². The van der Waals surface area contributed by atoms with Crippen molar-refractivity contribution in [2.75, 3.05) is 20.7 Å². The van der Waals surface area contributed by atoms with Crippen LogP contribution < -0.4 is 11.3 Å². The van der Waals surface area contributed by atoms with Crippen LogP contribution in [-0.4, -0.2) is 43.3 Å². The first-order valence-corrected chi connectivity index (χ1v) is 8.83. The van der Waals surface area contributed by atoms with Crippen LogP contribution in [0.15, 0.2) is 0 Å². The third-order valence-corrected chi connectivity index (χ3v) is 5.92. The van der Waals surface area contributed by atoms with Crippen LogP contribution >= 0.6 is 0 Å². The fourth-order valence-electron chi connectivity index (χ4n) is 4.30. The van der Waals surface area contributed by atoms with Gasteiger partial charge in [0.25, 0.3) is 0 Å². The van der Waals surface area contributed by atoms with Crippen LogP contribution in [-0.2, 0) is 4.74 Å². The van der Waals surface area contributed by atoms with Crippen LogP contribution in [0.5, 0.6) is 0 Å². The molecule has 2 fully saturated rings. The van der Waals surface area contributed by atoms with E-state index in [9.17, 15) is 0 Å². The Kier molecular flexibility index (Phi) is 6.48. The maximum Gasteiger partial charge on any atom is 0.0576 e. The summed E-state index contributed by atoms with van der Waals surface area (Å²) in [7, 11) is 4.45. The van der Waals surface area contributed by atoms with Gasteiger partial charge in [-0.1, -0.05) is 6.92 Å². The Morgan fingerprint density at radius 1 is 1.29 bits per heavy atom. The molecule has 124 valence electrons. The molecule has 2 unspecified atom stereocenters. The lowest BCUT2D eigenvalue weighted by molar-refractivity contribution is 0.0368. The minimum atomic E-state index is 0.234. The zero-order chi connectivity index (χ0) is 15.3. The van der Waals surface area contributed by atoms with Crippen molar-refractivity contribution in [1.82, 2.24) is 10.3 Å². The van der Waals surface area contributed by atoms with Gasteiger partial charge in [0, 0.05) is 18.2 Å². The Balaban J connectivity index is 1.89. The molecule has 1 saturated heterocycles. The highest BCUT2D eigenvalue weighted by Crippen LogP contribution is 2.39. The van der Waals surface area contributed by atoms with Gasteiger partial charge in [-0.25, -0.2) is 0 Å². The van der Waals surface area contributed by atoms with Crippen molar-refractivity contribution in [1.29, 1.82) is 0 Å². The molecule has 21 heavy (non-hydrogen) atoms. The Bertz CT molecular complexity index is 294. The second-order valence-corrected chi connectivity index (χ2v) is 7.47. The lowest BCUT2D eigenvalue weighted by Crippen LogP contribution is -2.62. The average Bonchev–Trinajstić information content (AvgIpc) is 2.98. The molecule has 4 nitrogen and oxygen atoms in total. The highest BCUT2D eigenvalue weighted by Gasteiger charge is 2.42. The normalized spacial score (nSPS) is 35.3. The molecular weight excluding hydrogens is 262 g/mol. The molecule has 0 radical (unpaired) electrons. The minimum absolute atomic E-state index is 0.234. The molecule has 0 aromatic carbocycles. The number of hydrogen-bond donors (Lipinski definition) is 2. The molecule has 2 rings (SSSR count). The Labute approximate surface area is 130 Å². The summed E-state index contributed by atoms with van der Waals surface area (Å²) in [4.78, 5) is 2.43. The molecule has 4 heteroatoms. The average molecular weight is 297 g/mol. The number of hydrazine groups is 1. The number of nitrogens with one attached hydrogen (secondary N) is 1. The summed E-state index contributed by atoms with van der Waals surface area (Å²) in [5.74, 6) is 6.81. The van der Waals surface area contributed by atoms with Gasteiger partial charge in [0.15, 0.2) is 0 Å². The zero-order valence-electron chi connectivity index (χ0n) is 14.2. The van der Waals surface area contributed by atoms with Crippen molar-refractivity contribution in [3.8, 4) is 0 Å². The van der Waals surface area contributed by atoms with Gasteiger partial charge in [-0.05, 0) is 77.8 Å². The van der Waals surface area contributed by atoms with E-state index in [1.165, 1.54) is 51.4 Å². The lowest BCUT2D eigenvalue weighted by atomic mass is 9.71. The Morgan fingerprint density at radius 2 is 2.00 bits per heavy atom. The molecule has 2 atom stereocenters. The van der Waals surface area contributed by atoms with Crippen LogP contribution in [0.1, 0.15) is 64.7 Å². The number of nitrogens with two attached hydrogens (primary N) is 1. The smallest absolute Gasteiger partial charge is 0.0576 e. The summed E-state index contributed by atoms with van der Waals surface area (Å²) in [6.07, 6.45) is 11.7. The van der Waals surface area contributed by atoms with E-state index in [2.05, 4.69) is 31.3 Å². The highest BCUT2D eigenvalue weighted by atomic mass is 16.5. The van der Waals surface area contributed by atoms with E-state index in [0.29, 0.717) is 12.1 Å². The molecule has 0 bridgehead atoms. The summed E-state index contributed by atoms with van der Waals surface area (Å²) in [6, 6.07) is 0.390. The number of ether oxygens (including phenoxy) is 1. The van der Waals surface area contributed by atoms with Gasteiger partial charge in [0.1, 0.15) is 0 Å². The summed E-state index contributed by atoms with van der Waals surface area (Å²) in [6.45, 7) is 3.34. The monoisotopic (exact) mass is 297 g/mol. The van der Waals surface area contributed by atoms with E-state index in [0.717, 1.165) is 18.9 Å². The Morgan fingerprint density at radius 3 is 2.52 bits per heavy atom. The number of likely N-dealkylation sites (N-methyl/N-ethyl adjacent to an activating group) is 1. The third-order valence-electron chi connectivity index (χ3n) is 5.92. The van der Waals surface area contributed by atoms with Crippen molar-refractivity contribution in [3.63, 3.8) is 0 Å². The SMILES string of the molecule is CC1CCC(C(CCCC2CCCO2)NN)(N(C)C)CC1. The fourth-order valence-corrected chi connectivity index (χ4v) is 4.30. The Hall–Kier alpha value is -0.160. The van der Waals surface area contributed by atoms with Crippen LogP contribution in [0.3, 0.4) is 0 Å². The molecule has 2 aliphatic rings. The molecule has 0 aromatic rings. The molecule has 1 aliphatic carbocycles. The highest BCUT2D eigenvalue weighted by molar-refractivity contribution is 5.00. The van der Waals surface area contributed by atoms with Crippen LogP contribution in [0.25, 0.3) is 0 Å². The van der Waals surface area contributed by atoms with Crippen molar-refractivity contribution in [2.24, 2.45) is 11.8 Å². The largest absolute Gasteiger partial charge is 0.378 e. The van der Waals surface area contributed by atoms with Crippen molar-refractivity contribution >= 4 is 0 Å². The van der Waals surface area contributed by atoms with Gasteiger partial charge in [-0.2, -0.15) is 0 Å². The fraction of sp³-hybridized carbons (Fsp3) is 1.00. The quantitative estimate of drug-likeness (QED) is 0.560. The van der Waals surface area contributed by atoms with Crippen LogP contribution in [0, 0.1) is 5.92 Å². The van der Waals surface area contributed by atoms with Gasteiger partial charge >= 0.3 is 0 Å². The first-order valence-electron chi connectivity index (χ1n) is 8.83. The van der Waals surface area contributed by atoms with E-state index < -0.39 is 0 Å². The number of rotatable bonds is 7. The molecule has 0 amide bonds. The maximum absolute atomic E-state index is 5.95. The molecular formula is C17H35N3O. The molecule has 1 heterocycles. The van der Waals surface area contributed by atoms with Gasteiger partial charge < -0.3 is 9.64 Å². The topological polar surface area (TPSA) is 50.5 Å². The second kappa shape index (κ2) is 7.91. The second-order valence-electron chi connectivity index (χ2n) is 7.47. The van der Waals surface area contributed by atoms with Crippen molar-refractivity contribution in [2.45, 2.75) is 82.4 Å². The van der Waals surface area contributed by atoms with E-state index >= 15 is 0 Å². The molecule has 1 saturated carbocycles. The minimum Gasteiger partial charge on any atom is -0.378 e. The summed E-state index contributed by atoms with van der Waals surface area (Å²) >= 11 is 0. The molecule has 0 aromatic heterocycles. The first-order chi connectivity index (χ1) is 10.1. The third kappa shape index (κ3) is 4.19. The van der Waals surface area contributed by atoms with E-state index in [1.807, 2.05) is 0 Å². The van der Waals surface area contributed by atoms with Gasteiger partial charge in [-0.15, -0.1) is 0 Å². The summed E-state index contributed by atoms with van der Waals surface area (Å²) in [5.41, 5.74) is 3.39. The molecule has 1 aliphatic heterocycles. The predicted octanol–water partition coefficient (Wildman–Crippen LogP) is 2.68. The van der Waals surface area contributed by atoms with Crippen molar-refractivity contribution in [3.05, 3.63) is 0 Å². The first kappa shape index (κ1) is 17.2. The van der Waals surface area contributed by atoms with Gasteiger partial charge in [0.05, 0.1) is 6.10 Å². The zero-order valence-corrected chi connectivity index (χ0v) is 14.2. The van der Waals surface area contributed by atoms with Crippen LogP contribution in [0.4, 0.5) is 0 Å². The maximum atomic E-state index is 5.95. The van der Waals surface area contributed by atoms with Crippen molar-refractivity contribution < 1.29 is 4.74 Å². The summed E-state index contributed by atoms with van der Waals surface area (Å²) in [5, 5.41) is 0. The molecule has 3 N–H and O–H groups in total. The predicted molar refractivity (Wildman–Crippen MR) is 88.0 cm³/mol. The van der Waals surface area contributed by atoms with E-state index in [1.54, 1.807) is 0 Å². The van der Waals surface area contributed by atoms with Gasteiger partial charge in [0.2, 0.25) is 0 Å². The van der Waals surface area contributed by atoms with E-state index in [-0.39, 0.29) is 5.54 Å². The van der Waals surface area contributed by atoms with Gasteiger partial charge in [-0.3, -0.25) is 11.3 Å². The molecule has 0 spiro atoms.